The molecule has 6 nitrogen and oxygen atoms in total. The summed E-state index contributed by atoms with van der Waals surface area (Å²) in [6.45, 7) is 6.20. The number of aliphatic imine (C=N–C) groups is 1. The van der Waals surface area contributed by atoms with Gasteiger partial charge in [-0.25, -0.2) is 9.98 Å². The monoisotopic (exact) mass is 491 g/mol. The first-order valence-corrected chi connectivity index (χ1v) is 9.45. The highest BCUT2D eigenvalue weighted by molar-refractivity contribution is 14.0. The first-order chi connectivity index (χ1) is 13.2. The summed E-state index contributed by atoms with van der Waals surface area (Å²) in [5.74, 6) is 1.75. The second kappa shape index (κ2) is 9.27. The van der Waals surface area contributed by atoms with Crippen molar-refractivity contribution in [1.29, 1.82) is 0 Å². The fourth-order valence-corrected chi connectivity index (χ4v) is 3.41. The van der Waals surface area contributed by atoms with E-state index >= 15 is 0 Å². The van der Waals surface area contributed by atoms with Gasteiger partial charge in [-0.15, -0.1) is 24.0 Å². The number of rotatable bonds is 4. The third kappa shape index (κ3) is 4.40. The molecule has 0 fully saturated rings. The van der Waals surface area contributed by atoms with Crippen LogP contribution in [-0.2, 0) is 6.54 Å². The number of aryl methyl sites for hydroxylation is 1. The van der Waals surface area contributed by atoms with Gasteiger partial charge in [-0.05, 0) is 32.0 Å². The van der Waals surface area contributed by atoms with Crippen molar-refractivity contribution in [2.45, 2.75) is 32.9 Å². The molecule has 1 aromatic carbocycles. The van der Waals surface area contributed by atoms with E-state index in [-0.39, 0.29) is 30.0 Å². The Labute approximate surface area is 182 Å². The SMILES string of the molecule is CCNC(=NCc1cn2c(C)cccc2n1)NC1CCOc2ccccc21.I. The maximum absolute atomic E-state index is 5.76. The van der Waals surface area contributed by atoms with Gasteiger partial charge in [-0.1, -0.05) is 24.3 Å². The number of nitrogens with zero attached hydrogens (tertiary/aromatic N) is 3. The highest BCUT2D eigenvalue weighted by Crippen LogP contribution is 2.31. The quantitative estimate of drug-likeness (QED) is 0.331. The van der Waals surface area contributed by atoms with E-state index < -0.39 is 0 Å². The van der Waals surface area contributed by atoms with Gasteiger partial charge >= 0.3 is 0 Å². The molecule has 3 heterocycles. The predicted octanol–water partition coefficient (Wildman–Crippen LogP) is 3.84. The van der Waals surface area contributed by atoms with Gasteiger partial charge in [-0.3, -0.25) is 0 Å². The number of ether oxygens (including phenoxy) is 1. The van der Waals surface area contributed by atoms with Crippen molar-refractivity contribution in [2.75, 3.05) is 13.2 Å². The molecule has 148 valence electrons. The van der Waals surface area contributed by atoms with Crippen LogP contribution in [0.15, 0.2) is 53.7 Å². The zero-order valence-corrected chi connectivity index (χ0v) is 18.5. The minimum Gasteiger partial charge on any atom is -0.493 e. The molecule has 1 aliphatic heterocycles. The lowest BCUT2D eigenvalue weighted by Gasteiger charge is -2.28. The molecule has 3 aromatic rings. The summed E-state index contributed by atoms with van der Waals surface area (Å²) in [7, 11) is 0. The average Bonchev–Trinajstić information content (AvgIpc) is 3.11. The van der Waals surface area contributed by atoms with E-state index in [1.54, 1.807) is 0 Å². The summed E-state index contributed by atoms with van der Waals surface area (Å²) in [5.41, 5.74) is 4.25. The fourth-order valence-electron chi connectivity index (χ4n) is 3.41. The molecule has 2 aromatic heterocycles. The van der Waals surface area contributed by atoms with E-state index in [9.17, 15) is 0 Å². The molecule has 1 atom stereocenters. The molecule has 0 amide bonds. The number of hydrogen-bond donors (Lipinski definition) is 2. The number of hydrogen-bond acceptors (Lipinski definition) is 3. The standard InChI is InChI=1S/C21H25N5O.HI/c1-3-22-21(25-18-11-12-27-19-9-5-4-8-17(18)19)23-13-16-14-26-15(2)7-6-10-20(26)24-16;/h4-10,14,18H,3,11-13H2,1-2H3,(H2,22,23,25);1H. The number of imidazole rings is 1. The minimum absolute atomic E-state index is 0. The Morgan fingerprint density at radius 3 is 2.93 bits per heavy atom. The van der Waals surface area contributed by atoms with Crippen molar-refractivity contribution in [1.82, 2.24) is 20.0 Å². The molecular weight excluding hydrogens is 465 g/mol. The van der Waals surface area contributed by atoms with E-state index in [1.807, 2.05) is 30.3 Å². The largest absolute Gasteiger partial charge is 0.493 e. The van der Waals surface area contributed by atoms with Crippen LogP contribution in [0.4, 0.5) is 0 Å². The van der Waals surface area contributed by atoms with Crippen molar-refractivity contribution >= 4 is 35.6 Å². The van der Waals surface area contributed by atoms with Gasteiger partial charge in [0.25, 0.3) is 0 Å². The number of para-hydroxylation sites is 1. The summed E-state index contributed by atoms with van der Waals surface area (Å²) in [6.07, 6.45) is 2.97. The van der Waals surface area contributed by atoms with Gasteiger partial charge in [0.05, 0.1) is 24.9 Å². The lowest BCUT2D eigenvalue weighted by Crippen LogP contribution is -2.41. The van der Waals surface area contributed by atoms with Crippen molar-refractivity contribution in [3.05, 3.63) is 65.6 Å². The topological polar surface area (TPSA) is 63.0 Å². The number of halogens is 1. The fraction of sp³-hybridized carbons (Fsp3) is 0.333. The normalized spacial score (nSPS) is 16.1. The van der Waals surface area contributed by atoms with Crippen LogP contribution in [0, 0.1) is 6.92 Å². The third-order valence-corrected chi connectivity index (χ3v) is 4.76. The van der Waals surface area contributed by atoms with Crippen LogP contribution in [-0.4, -0.2) is 28.5 Å². The Hall–Kier alpha value is -2.29. The third-order valence-electron chi connectivity index (χ3n) is 4.76. The van der Waals surface area contributed by atoms with Crippen LogP contribution >= 0.6 is 24.0 Å². The van der Waals surface area contributed by atoms with Crippen LogP contribution in [0.3, 0.4) is 0 Å². The van der Waals surface area contributed by atoms with E-state index in [0.29, 0.717) is 13.2 Å². The Bertz CT molecular complexity index is 968. The number of benzene rings is 1. The van der Waals surface area contributed by atoms with Gasteiger partial charge in [0, 0.05) is 30.4 Å². The average molecular weight is 491 g/mol. The van der Waals surface area contributed by atoms with Gasteiger partial charge in [0.15, 0.2) is 5.96 Å². The molecule has 0 saturated heterocycles. The summed E-state index contributed by atoms with van der Waals surface area (Å²) in [4.78, 5) is 9.42. The molecule has 7 heteroatoms. The zero-order chi connectivity index (χ0) is 18.6. The summed E-state index contributed by atoms with van der Waals surface area (Å²) in [6, 6.07) is 14.5. The predicted molar refractivity (Wildman–Crippen MR) is 123 cm³/mol. The van der Waals surface area contributed by atoms with Crippen molar-refractivity contribution in [2.24, 2.45) is 4.99 Å². The molecule has 2 N–H and O–H groups in total. The van der Waals surface area contributed by atoms with Gasteiger partial charge in [0.1, 0.15) is 11.4 Å². The Morgan fingerprint density at radius 2 is 2.11 bits per heavy atom. The molecule has 0 spiro atoms. The molecule has 0 aliphatic carbocycles. The second-order valence-electron chi connectivity index (χ2n) is 6.69. The summed E-state index contributed by atoms with van der Waals surface area (Å²) >= 11 is 0. The highest BCUT2D eigenvalue weighted by Gasteiger charge is 2.21. The van der Waals surface area contributed by atoms with Crippen molar-refractivity contribution < 1.29 is 4.74 Å². The molecule has 0 bridgehead atoms. The molecular formula is C21H26IN5O. The van der Waals surface area contributed by atoms with E-state index in [0.717, 1.165) is 36.0 Å². The van der Waals surface area contributed by atoms with E-state index in [2.05, 4.69) is 52.2 Å². The maximum Gasteiger partial charge on any atom is 0.192 e. The van der Waals surface area contributed by atoms with Gasteiger partial charge in [0.2, 0.25) is 0 Å². The first-order valence-electron chi connectivity index (χ1n) is 9.45. The van der Waals surface area contributed by atoms with Crippen LogP contribution < -0.4 is 15.4 Å². The van der Waals surface area contributed by atoms with E-state index in [1.165, 1.54) is 11.3 Å². The first kappa shape index (κ1) is 20.4. The van der Waals surface area contributed by atoms with Gasteiger partial charge < -0.3 is 19.8 Å². The highest BCUT2D eigenvalue weighted by atomic mass is 127. The van der Waals surface area contributed by atoms with E-state index in [4.69, 9.17) is 9.73 Å². The summed E-state index contributed by atoms with van der Waals surface area (Å²) in [5, 5.41) is 6.89. The number of pyridine rings is 1. The minimum atomic E-state index is 0. The lowest BCUT2D eigenvalue weighted by atomic mass is 10.0. The molecule has 0 radical (unpaired) electrons. The van der Waals surface area contributed by atoms with Gasteiger partial charge in [-0.2, -0.15) is 0 Å². The number of fused-ring (bicyclic) bond motifs is 2. The molecule has 0 saturated carbocycles. The zero-order valence-electron chi connectivity index (χ0n) is 16.2. The Balaban J connectivity index is 0.00000225. The molecule has 1 unspecified atom stereocenters. The van der Waals surface area contributed by atoms with Crippen LogP contribution in [0.5, 0.6) is 5.75 Å². The second-order valence-corrected chi connectivity index (χ2v) is 6.69. The Morgan fingerprint density at radius 1 is 1.25 bits per heavy atom. The van der Waals surface area contributed by atoms with Crippen molar-refractivity contribution in [3.8, 4) is 5.75 Å². The number of aromatic nitrogens is 2. The lowest BCUT2D eigenvalue weighted by molar-refractivity contribution is 0.261. The van der Waals surface area contributed by atoms with Crippen LogP contribution in [0.25, 0.3) is 5.65 Å². The smallest absolute Gasteiger partial charge is 0.192 e. The van der Waals surface area contributed by atoms with Crippen molar-refractivity contribution in [3.63, 3.8) is 0 Å². The van der Waals surface area contributed by atoms with Crippen LogP contribution in [0.1, 0.15) is 36.3 Å². The number of guanidine groups is 1. The maximum atomic E-state index is 5.76. The molecule has 1 aliphatic rings. The molecule has 4 rings (SSSR count). The van der Waals surface area contributed by atoms with Crippen LogP contribution in [0.2, 0.25) is 0 Å². The Kier molecular flexibility index (Phi) is 6.77. The number of nitrogens with one attached hydrogen (secondary N) is 2. The molecule has 28 heavy (non-hydrogen) atoms. The summed E-state index contributed by atoms with van der Waals surface area (Å²) < 4.78 is 7.85.